The molecule has 0 spiro atoms. The Morgan fingerprint density at radius 3 is 2.57 bits per heavy atom. The van der Waals surface area contributed by atoms with Gasteiger partial charge in [0.05, 0.1) is 0 Å². The van der Waals surface area contributed by atoms with Gasteiger partial charge in [-0.05, 0) is 37.1 Å². The van der Waals surface area contributed by atoms with E-state index in [9.17, 15) is 4.39 Å². The first-order chi connectivity index (χ1) is 10.0. The van der Waals surface area contributed by atoms with Gasteiger partial charge in [0, 0.05) is 26.2 Å². The van der Waals surface area contributed by atoms with Crippen molar-refractivity contribution < 1.29 is 4.39 Å². The molecule has 0 aliphatic rings. The number of aryl methyl sites for hydroxylation is 1. The van der Waals surface area contributed by atoms with E-state index < -0.39 is 0 Å². The Hall–Kier alpha value is -2.24. The van der Waals surface area contributed by atoms with Gasteiger partial charge in [-0.1, -0.05) is 6.92 Å². The Kier molecular flexibility index (Phi) is 4.67. The van der Waals surface area contributed by atoms with Crippen molar-refractivity contribution in [1.29, 1.82) is 0 Å². The van der Waals surface area contributed by atoms with Crippen molar-refractivity contribution >= 4 is 11.9 Å². The van der Waals surface area contributed by atoms with E-state index in [2.05, 4.69) is 27.2 Å². The third-order valence-corrected chi connectivity index (χ3v) is 2.97. The van der Waals surface area contributed by atoms with E-state index in [0.717, 1.165) is 18.5 Å². The molecular weight excluding hydrogens is 269 g/mol. The van der Waals surface area contributed by atoms with Crippen molar-refractivity contribution in [3.63, 3.8) is 0 Å². The number of nitrogens with one attached hydrogen (secondary N) is 1. The molecule has 1 aromatic heterocycles. The first kappa shape index (κ1) is 15.2. The number of hydrogen-bond acceptors (Lipinski definition) is 5. The third-order valence-electron chi connectivity index (χ3n) is 2.97. The molecule has 0 saturated carbocycles. The van der Waals surface area contributed by atoms with Gasteiger partial charge >= 0.3 is 0 Å². The van der Waals surface area contributed by atoms with E-state index >= 15 is 0 Å². The first-order valence-electron chi connectivity index (χ1n) is 6.95. The summed E-state index contributed by atoms with van der Waals surface area (Å²) >= 11 is 0. The predicted octanol–water partition coefficient (Wildman–Crippen LogP) is 2.87. The van der Waals surface area contributed by atoms with Crippen LogP contribution in [0.4, 0.5) is 16.3 Å². The lowest BCUT2D eigenvalue weighted by Gasteiger charge is -2.13. The van der Waals surface area contributed by atoms with Gasteiger partial charge in [-0.15, -0.1) is 0 Å². The lowest BCUT2D eigenvalue weighted by molar-refractivity contribution is 0.618. The lowest BCUT2D eigenvalue weighted by Crippen LogP contribution is -2.16. The highest BCUT2D eigenvalue weighted by atomic mass is 19.1. The molecule has 0 saturated heterocycles. The van der Waals surface area contributed by atoms with Crippen molar-refractivity contribution in [2.24, 2.45) is 0 Å². The minimum Gasteiger partial charge on any atom is -0.354 e. The van der Waals surface area contributed by atoms with Crippen molar-refractivity contribution in [2.75, 3.05) is 30.9 Å². The number of aromatic nitrogens is 3. The Labute approximate surface area is 124 Å². The van der Waals surface area contributed by atoms with Crippen LogP contribution in [0.3, 0.4) is 0 Å². The van der Waals surface area contributed by atoms with Crippen LogP contribution in [0.1, 0.15) is 18.9 Å². The Morgan fingerprint density at radius 1 is 1.19 bits per heavy atom. The molecule has 1 heterocycles. The molecule has 21 heavy (non-hydrogen) atoms. The fourth-order valence-electron chi connectivity index (χ4n) is 1.79. The van der Waals surface area contributed by atoms with Gasteiger partial charge in [0.2, 0.25) is 11.9 Å². The highest BCUT2D eigenvalue weighted by molar-refractivity contribution is 5.59. The second-order valence-corrected chi connectivity index (χ2v) is 5.07. The van der Waals surface area contributed by atoms with Gasteiger partial charge in [0.15, 0.2) is 5.82 Å². The standard InChI is InChI=1S/C15H20FN5/c1-5-8-17-14-18-13(19-15(20-14)21(3)4)11-6-7-12(16)10(2)9-11/h6-7,9H,5,8H2,1-4H3,(H,17,18,19,20). The van der Waals surface area contributed by atoms with Crippen LogP contribution in [0.5, 0.6) is 0 Å². The van der Waals surface area contributed by atoms with Crippen LogP contribution in [0.2, 0.25) is 0 Å². The number of anilines is 2. The molecule has 0 unspecified atom stereocenters. The van der Waals surface area contributed by atoms with Gasteiger partial charge < -0.3 is 10.2 Å². The largest absolute Gasteiger partial charge is 0.354 e. The zero-order valence-corrected chi connectivity index (χ0v) is 12.8. The molecule has 0 radical (unpaired) electrons. The number of hydrogen-bond donors (Lipinski definition) is 1. The van der Waals surface area contributed by atoms with Gasteiger partial charge in [0.25, 0.3) is 0 Å². The van der Waals surface area contributed by atoms with Crippen molar-refractivity contribution in [1.82, 2.24) is 15.0 Å². The second-order valence-electron chi connectivity index (χ2n) is 5.07. The summed E-state index contributed by atoms with van der Waals surface area (Å²) in [6.07, 6.45) is 0.980. The van der Waals surface area contributed by atoms with E-state index in [-0.39, 0.29) is 5.82 Å². The second kappa shape index (κ2) is 6.47. The third kappa shape index (κ3) is 3.65. The zero-order valence-electron chi connectivity index (χ0n) is 12.8. The number of nitrogens with zero attached hydrogens (tertiary/aromatic N) is 4. The molecule has 2 aromatic rings. The topological polar surface area (TPSA) is 53.9 Å². The summed E-state index contributed by atoms with van der Waals surface area (Å²) in [6, 6.07) is 4.86. The molecule has 112 valence electrons. The van der Waals surface area contributed by atoms with E-state index in [1.165, 1.54) is 6.07 Å². The van der Waals surface area contributed by atoms with Gasteiger partial charge in [-0.2, -0.15) is 15.0 Å². The van der Waals surface area contributed by atoms with E-state index in [1.54, 1.807) is 19.1 Å². The van der Waals surface area contributed by atoms with Crippen molar-refractivity contribution in [3.8, 4) is 11.4 Å². The van der Waals surface area contributed by atoms with Crippen LogP contribution in [0, 0.1) is 12.7 Å². The van der Waals surface area contributed by atoms with E-state index in [4.69, 9.17) is 0 Å². The van der Waals surface area contributed by atoms with Crippen LogP contribution < -0.4 is 10.2 Å². The summed E-state index contributed by atoms with van der Waals surface area (Å²) in [4.78, 5) is 15.0. The van der Waals surface area contributed by atoms with Crippen LogP contribution in [-0.2, 0) is 0 Å². The Bertz CT molecular complexity index is 627. The molecule has 5 nitrogen and oxygen atoms in total. The fraction of sp³-hybridized carbons (Fsp3) is 0.400. The molecule has 2 rings (SSSR count). The monoisotopic (exact) mass is 289 g/mol. The zero-order chi connectivity index (χ0) is 15.4. The van der Waals surface area contributed by atoms with Crippen LogP contribution >= 0.6 is 0 Å². The molecule has 1 N–H and O–H groups in total. The SMILES string of the molecule is CCCNc1nc(-c2ccc(F)c(C)c2)nc(N(C)C)n1. The molecule has 0 atom stereocenters. The van der Waals surface area contributed by atoms with Gasteiger partial charge in [0.1, 0.15) is 5.82 Å². The van der Waals surface area contributed by atoms with E-state index in [0.29, 0.717) is 23.3 Å². The predicted molar refractivity (Wildman–Crippen MR) is 83.1 cm³/mol. The number of rotatable bonds is 5. The van der Waals surface area contributed by atoms with Gasteiger partial charge in [-0.25, -0.2) is 4.39 Å². The van der Waals surface area contributed by atoms with Crippen molar-refractivity contribution in [3.05, 3.63) is 29.6 Å². The average molecular weight is 289 g/mol. The normalized spacial score (nSPS) is 10.5. The molecule has 0 aliphatic heterocycles. The summed E-state index contributed by atoms with van der Waals surface area (Å²) < 4.78 is 13.4. The molecule has 0 bridgehead atoms. The molecule has 6 heteroatoms. The van der Waals surface area contributed by atoms with E-state index in [1.807, 2.05) is 19.0 Å². The Balaban J connectivity index is 2.45. The average Bonchev–Trinajstić information content (AvgIpc) is 2.47. The highest BCUT2D eigenvalue weighted by Crippen LogP contribution is 2.21. The molecular formula is C15H20FN5. The fourth-order valence-corrected chi connectivity index (χ4v) is 1.79. The van der Waals surface area contributed by atoms with Gasteiger partial charge in [-0.3, -0.25) is 0 Å². The number of halogens is 1. The summed E-state index contributed by atoms with van der Waals surface area (Å²) in [7, 11) is 3.75. The molecule has 0 amide bonds. The summed E-state index contributed by atoms with van der Waals surface area (Å²) in [6.45, 7) is 4.59. The summed E-state index contributed by atoms with van der Waals surface area (Å²) in [5, 5.41) is 3.16. The smallest absolute Gasteiger partial charge is 0.230 e. The quantitative estimate of drug-likeness (QED) is 0.917. The maximum atomic E-state index is 13.4. The highest BCUT2D eigenvalue weighted by Gasteiger charge is 2.11. The molecule has 0 fully saturated rings. The first-order valence-corrected chi connectivity index (χ1v) is 6.95. The maximum Gasteiger partial charge on any atom is 0.230 e. The van der Waals surface area contributed by atoms with Crippen LogP contribution in [0.25, 0.3) is 11.4 Å². The minimum atomic E-state index is -0.232. The molecule has 1 aromatic carbocycles. The van der Waals surface area contributed by atoms with Crippen LogP contribution in [0.15, 0.2) is 18.2 Å². The molecule has 0 aliphatic carbocycles. The lowest BCUT2D eigenvalue weighted by atomic mass is 10.1. The number of benzene rings is 1. The van der Waals surface area contributed by atoms with Crippen LogP contribution in [-0.4, -0.2) is 35.6 Å². The Morgan fingerprint density at radius 2 is 1.95 bits per heavy atom. The maximum absolute atomic E-state index is 13.4. The summed E-state index contributed by atoms with van der Waals surface area (Å²) in [5.41, 5.74) is 1.35. The van der Waals surface area contributed by atoms with Crippen molar-refractivity contribution in [2.45, 2.75) is 20.3 Å². The minimum absolute atomic E-state index is 0.232. The summed E-state index contributed by atoms with van der Waals surface area (Å²) in [5.74, 6) is 1.41.